The molecule has 0 atom stereocenters. The van der Waals surface area contributed by atoms with Gasteiger partial charge in [0.05, 0.1) is 5.56 Å². The van der Waals surface area contributed by atoms with Crippen LogP contribution in [0.3, 0.4) is 0 Å². The Bertz CT molecular complexity index is 320. The predicted octanol–water partition coefficient (Wildman–Crippen LogP) is 4.36. The molecular formula is C14H19ClO2. The summed E-state index contributed by atoms with van der Waals surface area (Å²) < 4.78 is 0. The zero-order chi connectivity index (χ0) is 12.9. The number of halogens is 1. The molecular weight excluding hydrogens is 236 g/mol. The van der Waals surface area contributed by atoms with Crippen molar-refractivity contribution in [2.75, 3.05) is 5.88 Å². The first-order chi connectivity index (χ1) is 8.22. The Hall–Kier alpha value is -1.28. The number of rotatable bonds is 5. The van der Waals surface area contributed by atoms with Crippen molar-refractivity contribution in [3.63, 3.8) is 0 Å². The summed E-state index contributed by atoms with van der Waals surface area (Å²) in [5.41, 5.74) is 0.331. The quantitative estimate of drug-likeness (QED) is 0.482. The fourth-order valence-electron chi connectivity index (χ4n) is 1.08. The van der Waals surface area contributed by atoms with Crippen LogP contribution in [0.25, 0.3) is 0 Å². The van der Waals surface area contributed by atoms with Crippen molar-refractivity contribution < 1.29 is 9.90 Å². The number of aromatic carboxylic acids is 1. The molecule has 0 saturated heterocycles. The topological polar surface area (TPSA) is 37.3 Å². The minimum Gasteiger partial charge on any atom is -0.478 e. The van der Waals surface area contributed by atoms with Crippen LogP contribution in [-0.4, -0.2) is 17.0 Å². The van der Waals surface area contributed by atoms with E-state index in [2.05, 4.69) is 13.0 Å². The zero-order valence-electron chi connectivity index (χ0n) is 10.1. The van der Waals surface area contributed by atoms with Crippen molar-refractivity contribution in [1.82, 2.24) is 0 Å². The SMILES string of the molecule is CCCCC=CCCl.O=C(O)c1ccccc1. The van der Waals surface area contributed by atoms with E-state index in [1.807, 2.05) is 6.08 Å². The van der Waals surface area contributed by atoms with Gasteiger partial charge in [0, 0.05) is 5.88 Å². The van der Waals surface area contributed by atoms with Gasteiger partial charge in [-0.2, -0.15) is 0 Å². The average molecular weight is 255 g/mol. The van der Waals surface area contributed by atoms with Gasteiger partial charge in [0.25, 0.3) is 0 Å². The molecule has 0 bridgehead atoms. The van der Waals surface area contributed by atoms with Crippen LogP contribution >= 0.6 is 11.6 Å². The van der Waals surface area contributed by atoms with Crippen LogP contribution in [0.4, 0.5) is 0 Å². The normalized spacial score (nSPS) is 9.76. The first-order valence-corrected chi connectivity index (χ1v) is 6.25. The molecule has 1 N–H and O–H groups in total. The van der Waals surface area contributed by atoms with E-state index in [9.17, 15) is 4.79 Å². The van der Waals surface area contributed by atoms with Gasteiger partial charge in [-0.25, -0.2) is 4.79 Å². The Balaban J connectivity index is 0.000000304. The lowest BCUT2D eigenvalue weighted by molar-refractivity contribution is 0.0697. The van der Waals surface area contributed by atoms with Crippen molar-refractivity contribution in [2.45, 2.75) is 26.2 Å². The molecule has 0 heterocycles. The number of carbonyl (C=O) groups is 1. The van der Waals surface area contributed by atoms with Crippen molar-refractivity contribution in [1.29, 1.82) is 0 Å². The third-order valence-corrected chi connectivity index (χ3v) is 2.18. The maximum atomic E-state index is 10.2. The Morgan fingerprint density at radius 3 is 2.35 bits per heavy atom. The number of allylic oxidation sites excluding steroid dienone is 2. The first-order valence-electron chi connectivity index (χ1n) is 5.71. The molecule has 0 aliphatic carbocycles. The maximum Gasteiger partial charge on any atom is 0.335 e. The smallest absolute Gasteiger partial charge is 0.335 e. The number of carboxylic acids is 1. The van der Waals surface area contributed by atoms with E-state index in [-0.39, 0.29) is 0 Å². The molecule has 0 aromatic heterocycles. The molecule has 2 nitrogen and oxygen atoms in total. The summed E-state index contributed by atoms with van der Waals surface area (Å²) in [5.74, 6) is -0.223. The monoisotopic (exact) mass is 254 g/mol. The Morgan fingerprint density at radius 1 is 1.29 bits per heavy atom. The number of hydrogen-bond acceptors (Lipinski definition) is 1. The van der Waals surface area contributed by atoms with Crippen LogP contribution in [0.5, 0.6) is 0 Å². The summed E-state index contributed by atoms with van der Waals surface area (Å²) in [5, 5.41) is 8.38. The maximum absolute atomic E-state index is 10.2. The van der Waals surface area contributed by atoms with Crippen molar-refractivity contribution in [2.24, 2.45) is 0 Å². The number of carboxylic acid groups (broad SMARTS) is 1. The van der Waals surface area contributed by atoms with Crippen molar-refractivity contribution in [3.8, 4) is 0 Å². The highest BCUT2D eigenvalue weighted by atomic mass is 35.5. The standard InChI is InChI=1S/C7H13Cl.C7H6O2/c1-2-3-4-5-6-7-8;8-7(9)6-4-2-1-3-5-6/h5-6H,2-4,7H2,1H3;1-5H,(H,8,9). The van der Waals surface area contributed by atoms with Gasteiger partial charge < -0.3 is 5.11 Å². The Kier molecular flexibility index (Phi) is 10.4. The molecule has 0 radical (unpaired) electrons. The summed E-state index contributed by atoms with van der Waals surface area (Å²) in [6.45, 7) is 2.19. The number of alkyl halides is 1. The molecule has 94 valence electrons. The molecule has 0 fully saturated rings. The van der Waals surface area contributed by atoms with E-state index < -0.39 is 5.97 Å². The van der Waals surface area contributed by atoms with Crippen LogP contribution in [-0.2, 0) is 0 Å². The molecule has 3 heteroatoms. The number of benzene rings is 1. The third kappa shape index (κ3) is 9.64. The van der Waals surface area contributed by atoms with Gasteiger partial charge in [0.1, 0.15) is 0 Å². The van der Waals surface area contributed by atoms with Gasteiger partial charge in [-0.15, -0.1) is 11.6 Å². The molecule has 0 amide bonds. The molecule has 0 aliphatic heterocycles. The summed E-state index contributed by atoms with van der Waals surface area (Å²) >= 11 is 5.39. The summed E-state index contributed by atoms with van der Waals surface area (Å²) in [7, 11) is 0. The lowest BCUT2D eigenvalue weighted by atomic mass is 10.2. The Morgan fingerprint density at radius 2 is 1.94 bits per heavy atom. The summed E-state index contributed by atoms with van der Waals surface area (Å²) in [4.78, 5) is 10.2. The predicted molar refractivity (Wildman–Crippen MR) is 72.8 cm³/mol. The molecule has 1 aromatic rings. The molecule has 0 aliphatic rings. The molecule has 1 aromatic carbocycles. The van der Waals surface area contributed by atoms with Gasteiger partial charge in [-0.3, -0.25) is 0 Å². The fourth-order valence-corrected chi connectivity index (χ4v) is 1.21. The summed E-state index contributed by atoms with van der Waals surface area (Å²) in [6.07, 6.45) is 7.87. The lowest BCUT2D eigenvalue weighted by Gasteiger charge is -1.88. The van der Waals surface area contributed by atoms with Crippen LogP contribution < -0.4 is 0 Å². The Labute approximate surface area is 108 Å². The molecule has 1 rings (SSSR count). The van der Waals surface area contributed by atoms with Gasteiger partial charge in [0.2, 0.25) is 0 Å². The van der Waals surface area contributed by atoms with Crippen molar-refractivity contribution in [3.05, 3.63) is 48.0 Å². The van der Waals surface area contributed by atoms with E-state index in [1.54, 1.807) is 30.3 Å². The van der Waals surface area contributed by atoms with E-state index in [4.69, 9.17) is 16.7 Å². The van der Waals surface area contributed by atoms with E-state index >= 15 is 0 Å². The fraction of sp³-hybridized carbons (Fsp3) is 0.357. The largest absolute Gasteiger partial charge is 0.478 e. The van der Waals surface area contributed by atoms with Crippen molar-refractivity contribution >= 4 is 17.6 Å². The van der Waals surface area contributed by atoms with Gasteiger partial charge in [-0.05, 0) is 18.6 Å². The van der Waals surface area contributed by atoms with E-state index in [0.29, 0.717) is 11.4 Å². The molecule has 0 spiro atoms. The lowest BCUT2D eigenvalue weighted by Crippen LogP contribution is -1.93. The van der Waals surface area contributed by atoms with E-state index in [1.165, 1.54) is 19.3 Å². The van der Waals surface area contributed by atoms with Crippen LogP contribution in [0, 0.1) is 0 Å². The minimum atomic E-state index is -0.879. The van der Waals surface area contributed by atoms with Gasteiger partial charge >= 0.3 is 5.97 Å². The highest BCUT2D eigenvalue weighted by Crippen LogP contribution is 1.96. The van der Waals surface area contributed by atoms with Gasteiger partial charge in [0.15, 0.2) is 0 Å². The molecule has 0 unspecified atom stereocenters. The first kappa shape index (κ1) is 15.7. The van der Waals surface area contributed by atoms with Crippen LogP contribution in [0.1, 0.15) is 36.5 Å². The third-order valence-electron chi connectivity index (χ3n) is 2.00. The van der Waals surface area contributed by atoms with Crippen LogP contribution in [0.2, 0.25) is 0 Å². The second-order valence-corrected chi connectivity index (χ2v) is 3.75. The number of unbranched alkanes of at least 4 members (excludes halogenated alkanes) is 2. The van der Waals surface area contributed by atoms with E-state index in [0.717, 1.165) is 0 Å². The zero-order valence-corrected chi connectivity index (χ0v) is 10.9. The number of hydrogen-bond donors (Lipinski definition) is 1. The average Bonchev–Trinajstić information content (AvgIpc) is 2.37. The minimum absolute atomic E-state index is 0.331. The highest BCUT2D eigenvalue weighted by Gasteiger charge is 1.96. The highest BCUT2D eigenvalue weighted by molar-refractivity contribution is 6.18. The molecule has 17 heavy (non-hydrogen) atoms. The second kappa shape index (κ2) is 11.2. The molecule has 0 saturated carbocycles. The van der Waals surface area contributed by atoms with Crippen LogP contribution in [0.15, 0.2) is 42.5 Å². The second-order valence-electron chi connectivity index (χ2n) is 3.44. The summed E-state index contributed by atoms with van der Waals surface area (Å²) in [6, 6.07) is 8.30. The van der Waals surface area contributed by atoms with Gasteiger partial charge in [-0.1, -0.05) is 50.1 Å².